The summed E-state index contributed by atoms with van der Waals surface area (Å²) in [7, 11) is 0. The molecule has 4 nitrogen and oxygen atoms in total. The standard InChI is InChI=1S/C9H15NO3S/c11-9(12)8-5-14-4-7(10-8)6-1-2-13-3-6/h6-8,10H,1-5H2,(H,11,12). The second-order valence-electron chi connectivity index (χ2n) is 3.83. The zero-order valence-electron chi connectivity index (χ0n) is 7.94. The van der Waals surface area contributed by atoms with Gasteiger partial charge < -0.3 is 9.84 Å². The minimum Gasteiger partial charge on any atom is -0.480 e. The van der Waals surface area contributed by atoms with E-state index in [-0.39, 0.29) is 6.04 Å². The molecule has 0 aliphatic carbocycles. The number of carboxylic acid groups (broad SMARTS) is 1. The zero-order chi connectivity index (χ0) is 9.97. The topological polar surface area (TPSA) is 58.6 Å². The van der Waals surface area contributed by atoms with Crippen LogP contribution in [0.5, 0.6) is 0 Å². The SMILES string of the molecule is O=C(O)C1CSCC(C2CCOC2)N1. The number of rotatable bonds is 2. The molecule has 0 aromatic heterocycles. The molecule has 2 fully saturated rings. The smallest absolute Gasteiger partial charge is 0.321 e. The van der Waals surface area contributed by atoms with Crippen molar-refractivity contribution in [3.63, 3.8) is 0 Å². The molecule has 0 aromatic carbocycles. The van der Waals surface area contributed by atoms with Gasteiger partial charge in [0.1, 0.15) is 6.04 Å². The third kappa shape index (κ3) is 2.21. The van der Waals surface area contributed by atoms with Gasteiger partial charge in [-0.25, -0.2) is 0 Å². The van der Waals surface area contributed by atoms with Gasteiger partial charge in [0.2, 0.25) is 0 Å². The summed E-state index contributed by atoms with van der Waals surface area (Å²) in [5, 5.41) is 12.1. The minimum atomic E-state index is -0.735. The molecule has 14 heavy (non-hydrogen) atoms. The Kier molecular flexibility index (Phi) is 3.30. The van der Waals surface area contributed by atoms with E-state index in [9.17, 15) is 4.79 Å². The van der Waals surface area contributed by atoms with Crippen LogP contribution >= 0.6 is 11.8 Å². The van der Waals surface area contributed by atoms with Crippen LogP contribution in [-0.4, -0.2) is 47.9 Å². The lowest BCUT2D eigenvalue weighted by Gasteiger charge is -2.31. The average Bonchev–Trinajstić information content (AvgIpc) is 2.71. The second-order valence-corrected chi connectivity index (χ2v) is 4.90. The highest BCUT2D eigenvalue weighted by Crippen LogP contribution is 2.23. The summed E-state index contributed by atoms with van der Waals surface area (Å²) < 4.78 is 5.31. The monoisotopic (exact) mass is 217 g/mol. The lowest BCUT2D eigenvalue weighted by atomic mass is 9.99. The Morgan fingerprint density at radius 3 is 3.00 bits per heavy atom. The maximum absolute atomic E-state index is 10.8. The van der Waals surface area contributed by atoms with Gasteiger partial charge in [-0.05, 0) is 6.42 Å². The molecular formula is C9H15NO3S. The Morgan fingerprint density at radius 1 is 1.50 bits per heavy atom. The van der Waals surface area contributed by atoms with E-state index in [0.717, 1.165) is 25.4 Å². The van der Waals surface area contributed by atoms with Gasteiger partial charge in [0.05, 0.1) is 6.61 Å². The first-order valence-electron chi connectivity index (χ1n) is 4.91. The van der Waals surface area contributed by atoms with Crippen molar-refractivity contribution in [2.75, 3.05) is 24.7 Å². The van der Waals surface area contributed by atoms with Crippen LogP contribution in [0.4, 0.5) is 0 Å². The minimum absolute atomic E-state index is 0.317. The van der Waals surface area contributed by atoms with Gasteiger partial charge in [-0.15, -0.1) is 0 Å². The lowest BCUT2D eigenvalue weighted by molar-refractivity contribution is -0.139. The van der Waals surface area contributed by atoms with Crippen molar-refractivity contribution in [1.82, 2.24) is 5.32 Å². The van der Waals surface area contributed by atoms with Crippen LogP contribution in [0.25, 0.3) is 0 Å². The van der Waals surface area contributed by atoms with Crippen molar-refractivity contribution < 1.29 is 14.6 Å². The maximum atomic E-state index is 10.8. The van der Waals surface area contributed by atoms with Gasteiger partial charge in [0, 0.05) is 30.1 Å². The van der Waals surface area contributed by atoms with E-state index in [0.29, 0.717) is 17.7 Å². The van der Waals surface area contributed by atoms with Gasteiger partial charge in [-0.3, -0.25) is 10.1 Å². The fourth-order valence-corrected chi connectivity index (χ4v) is 3.19. The van der Waals surface area contributed by atoms with E-state index < -0.39 is 5.97 Å². The van der Waals surface area contributed by atoms with Crippen molar-refractivity contribution in [1.29, 1.82) is 0 Å². The van der Waals surface area contributed by atoms with Crippen LogP contribution in [0.2, 0.25) is 0 Å². The Balaban J connectivity index is 1.89. The molecule has 3 unspecified atom stereocenters. The Morgan fingerprint density at radius 2 is 2.36 bits per heavy atom. The van der Waals surface area contributed by atoms with Gasteiger partial charge in [-0.2, -0.15) is 11.8 Å². The summed E-state index contributed by atoms with van der Waals surface area (Å²) in [6.07, 6.45) is 1.06. The van der Waals surface area contributed by atoms with Gasteiger partial charge in [-0.1, -0.05) is 0 Å². The van der Waals surface area contributed by atoms with Crippen molar-refractivity contribution in [3.8, 4) is 0 Å². The van der Waals surface area contributed by atoms with Gasteiger partial charge in [0.25, 0.3) is 0 Å². The Labute approximate surface area is 87.4 Å². The summed E-state index contributed by atoms with van der Waals surface area (Å²) in [6.45, 7) is 1.61. The zero-order valence-corrected chi connectivity index (χ0v) is 8.76. The van der Waals surface area contributed by atoms with E-state index in [2.05, 4.69) is 5.32 Å². The number of carbonyl (C=O) groups is 1. The third-order valence-electron chi connectivity index (χ3n) is 2.83. The molecule has 0 radical (unpaired) electrons. The van der Waals surface area contributed by atoms with Crippen LogP contribution in [0, 0.1) is 5.92 Å². The van der Waals surface area contributed by atoms with Gasteiger partial charge >= 0.3 is 5.97 Å². The fourth-order valence-electron chi connectivity index (χ4n) is 1.95. The van der Waals surface area contributed by atoms with Crippen molar-refractivity contribution in [2.24, 2.45) is 5.92 Å². The molecule has 80 valence electrons. The van der Waals surface area contributed by atoms with Crippen molar-refractivity contribution >= 4 is 17.7 Å². The first-order chi connectivity index (χ1) is 6.77. The van der Waals surface area contributed by atoms with Crippen LogP contribution in [0.15, 0.2) is 0 Å². The summed E-state index contributed by atoms with van der Waals surface area (Å²) in [4.78, 5) is 10.8. The highest BCUT2D eigenvalue weighted by molar-refractivity contribution is 7.99. The number of hydrogen-bond acceptors (Lipinski definition) is 4. The van der Waals surface area contributed by atoms with Crippen LogP contribution in [0.1, 0.15) is 6.42 Å². The number of carboxylic acids is 1. The highest BCUT2D eigenvalue weighted by atomic mass is 32.2. The third-order valence-corrected chi connectivity index (χ3v) is 3.99. The fraction of sp³-hybridized carbons (Fsp3) is 0.889. The molecular weight excluding hydrogens is 202 g/mol. The summed E-state index contributed by atoms with van der Waals surface area (Å²) >= 11 is 1.73. The van der Waals surface area contributed by atoms with E-state index in [1.807, 2.05) is 0 Å². The van der Waals surface area contributed by atoms with Gasteiger partial charge in [0.15, 0.2) is 0 Å². The predicted octanol–water partition coefficient (Wildman–Crippen LogP) is 0.181. The molecule has 2 aliphatic heterocycles. The maximum Gasteiger partial charge on any atom is 0.321 e. The molecule has 2 N–H and O–H groups in total. The summed E-state index contributed by atoms with van der Waals surface area (Å²) in [5.41, 5.74) is 0. The number of nitrogens with one attached hydrogen (secondary N) is 1. The number of hydrogen-bond donors (Lipinski definition) is 2. The Hall–Kier alpha value is -0.260. The molecule has 0 bridgehead atoms. The normalized spacial score (nSPS) is 38.4. The van der Waals surface area contributed by atoms with Crippen molar-refractivity contribution in [2.45, 2.75) is 18.5 Å². The van der Waals surface area contributed by atoms with Crippen LogP contribution in [0.3, 0.4) is 0 Å². The molecule has 5 heteroatoms. The summed E-state index contributed by atoms with van der Waals surface area (Å²) in [5.74, 6) is 1.46. The molecule has 2 saturated heterocycles. The quantitative estimate of drug-likeness (QED) is 0.691. The second kappa shape index (κ2) is 4.51. The number of ether oxygens (including phenoxy) is 1. The molecule has 3 atom stereocenters. The molecule has 2 aliphatic rings. The number of aliphatic carboxylic acids is 1. The van der Waals surface area contributed by atoms with Crippen molar-refractivity contribution in [3.05, 3.63) is 0 Å². The van der Waals surface area contributed by atoms with Crippen LogP contribution in [-0.2, 0) is 9.53 Å². The number of thioether (sulfide) groups is 1. The van der Waals surface area contributed by atoms with E-state index >= 15 is 0 Å². The van der Waals surface area contributed by atoms with E-state index in [4.69, 9.17) is 9.84 Å². The first kappa shape index (κ1) is 10.3. The molecule has 0 aromatic rings. The molecule has 2 heterocycles. The molecule has 0 spiro atoms. The largest absolute Gasteiger partial charge is 0.480 e. The first-order valence-corrected chi connectivity index (χ1v) is 6.07. The van der Waals surface area contributed by atoms with E-state index in [1.165, 1.54) is 0 Å². The lowest BCUT2D eigenvalue weighted by Crippen LogP contribution is -2.52. The molecule has 0 saturated carbocycles. The highest BCUT2D eigenvalue weighted by Gasteiger charge is 2.32. The average molecular weight is 217 g/mol. The summed E-state index contributed by atoms with van der Waals surface area (Å²) in [6, 6.07) is -0.0586. The van der Waals surface area contributed by atoms with Crippen LogP contribution < -0.4 is 5.32 Å². The predicted molar refractivity (Wildman–Crippen MR) is 54.6 cm³/mol. The molecule has 0 amide bonds. The molecule has 2 rings (SSSR count). The Bertz CT molecular complexity index is 218. The van der Waals surface area contributed by atoms with E-state index in [1.54, 1.807) is 11.8 Å².